The topological polar surface area (TPSA) is 105 Å². The van der Waals surface area contributed by atoms with E-state index in [0.717, 1.165) is 15.2 Å². The van der Waals surface area contributed by atoms with E-state index in [2.05, 4.69) is 42.7 Å². The summed E-state index contributed by atoms with van der Waals surface area (Å²) < 4.78 is 7.17. The Kier molecular flexibility index (Phi) is 6.50. The van der Waals surface area contributed by atoms with Gasteiger partial charge in [-0.05, 0) is 57.0 Å². The van der Waals surface area contributed by atoms with Crippen LogP contribution in [0.1, 0.15) is 20.7 Å². The minimum atomic E-state index is -1.24. The fourth-order valence-electron chi connectivity index (χ4n) is 2.60. The number of hydrazine groups is 1. The molecule has 7 nitrogen and oxygen atoms in total. The standard InChI is InChI=1S/C20H14Br2N2O5/c21-12-6-7-13-11(9-12)5-8-16(18(13)22)29-10-17(25)23-24-19(26)14-3-1-2-4-15(14)20(27)28/h1-9H,10H2,(H,23,25)(H,24,26)(H,27,28). The Morgan fingerprint density at radius 1 is 0.931 bits per heavy atom. The summed E-state index contributed by atoms with van der Waals surface area (Å²) in [6.45, 7) is -0.346. The molecule has 3 N–H and O–H groups in total. The van der Waals surface area contributed by atoms with Gasteiger partial charge in [0.15, 0.2) is 6.61 Å². The molecule has 3 aromatic rings. The van der Waals surface area contributed by atoms with Gasteiger partial charge in [0.2, 0.25) is 0 Å². The highest BCUT2D eigenvalue weighted by Crippen LogP contribution is 2.34. The molecule has 0 saturated carbocycles. The number of hydrogen-bond acceptors (Lipinski definition) is 4. The number of aromatic carboxylic acids is 1. The summed E-state index contributed by atoms with van der Waals surface area (Å²) in [4.78, 5) is 35.3. The first-order valence-corrected chi connectivity index (χ1v) is 9.87. The normalized spacial score (nSPS) is 10.4. The fraction of sp³-hybridized carbons (Fsp3) is 0.0500. The van der Waals surface area contributed by atoms with Crippen LogP contribution in [0.15, 0.2) is 63.5 Å². The van der Waals surface area contributed by atoms with Gasteiger partial charge in [0.1, 0.15) is 5.75 Å². The van der Waals surface area contributed by atoms with Crippen LogP contribution in [0.25, 0.3) is 10.8 Å². The van der Waals surface area contributed by atoms with Crippen LogP contribution in [0.3, 0.4) is 0 Å². The number of rotatable bonds is 5. The first-order valence-electron chi connectivity index (χ1n) is 8.29. The molecule has 0 atom stereocenters. The maximum atomic E-state index is 12.1. The van der Waals surface area contributed by atoms with Crippen LogP contribution in [0.5, 0.6) is 5.75 Å². The zero-order chi connectivity index (χ0) is 21.0. The Morgan fingerprint density at radius 2 is 1.66 bits per heavy atom. The molecule has 0 aliphatic heterocycles. The minimum absolute atomic E-state index is 0.0651. The van der Waals surface area contributed by atoms with Gasteiger partial charge in [0, 0.05) is 4.47 Å². The lowest BCUT2D eigenvalue weighted by Crippen LogP contribution is -2.44. The van der Waals surface area contributed by atoms with Crippen molar-refractivity contribution < 1.29 is 24.2 Å². The fourth-order valence-corrected chi connectivity index (χ4v) is 3.58. The Bertz CT molecular complexity index is 1120. The number of ether oxygens (including phenoxy) is 1. The van der Waals surface area contributed by atoms with Crippen LogP contribution in [0, 0.1) is 0 Å². The number of carboxylic acids is 1. The summed E-state index contributed by atoms with van der Waals surface area (Å²) in [5, 5.41) is 11.0. The molecule has 0 radical (unpaired) electrons. The van der Waals surface area contributed by atoms with Crippen LogP contribution < -0.4 is 15.6 Å². The average molecular weight is 522 g/mol. The molecule has 0 spiro atoms. The smallest absolute Gasteiger partial charge is 0.336 e. The minimum Gasteiger partial charge on any atom is -0.483 e. The zero-order valence-electron chi connectivity index (χ0n) is 14.7. The van der Waals surface area contributed by atoms with E-state index in [-0.39, 0.29) is 17.7 Å². The maximum absolute atomic E-state index is 12.1. The van der Waals surface area contributed by atoms with Crippen LogP contribution in [0.4, 0.5) is 0 Å². The van der Waals surface area contributed by atoms with E-state index in [1.165, 1.54) is 24.3 Å². The van der Waals surface area contributed by atoms with E-state index in [9.17, 15) is 14.4 Å². The summed E-state index contributed by atoms with van der Waals surface area (Å²) >= 11 is 6.89. The van der Waals surface area contributed by atoms with Crippen molar-refractivity contribution in [1.82, 2.24) is 10.9 Å². The lowest BCUT2D eigenvalue weighted by atomic mass is 10.1. The molecule has 0 bridgehead atoms. The third kappa shape index (κ3) is 4.93. The summed E-state index contributed by atoms with van der Waals surface area (Å²) in [7, 11) is 0. The number of fused-ring (bicyclic) bond motifs is 1. The van der Waals surface area contributed by atoms with Crippen molar-refractivity contribution in [2.75, 3.05) is 6.61 Å². The number of amides is 2. The predicted octanol–water partition coefficient (Wildman–Crippen LogP) is 3.90. The average Bonchev–Trinajstić information content (AvgIpc) is 2.71. The predicted molar refractivity (Wildman–Crippen MR) is 114 cm³/mol. The molecular formula is C20H14Br2N2O5. The number of nitrogens with one attached hydrogen (secondary N) is 2. The lowest BCUT2D eigenvalue weighted by Gasteiger charge is -2.12. The molecule has 0 aliphatic rings. The molecule has 3 aromatic carbocycles. The van der Waals surface area contributed by atoms with Crippen molar-refractivity contribution in [3.63, 3.8) is 0 Å². The molecular weight excluding hydrogens is 508 g/mol. The molecule has 0 aliphatic carbocycles. The quantitative estimate of drug-likeness (QED) is 0.442. The Morgan fingerprint density at radius 3 is 2.38 bits per heavy atom. The number of carbonyl (C=O) groups excluding carboxylic acids is 2. The van der Waals surface area contributed by atoms with Crippen LogP contribution in [-0.2, 0) is 4.79 Å². The number of hydrogen-bond donors (Lipinski definition) is 3. The third-order valence-corrected chi connectivity index (χ3v) is 5.27. The molecule has 2 amide bonds. The Balaban J connectivity index is 1.60. The van der Waals surface area contributed by atoms with Crippen LogP contribution in [-0.4, -0.2) is 29.5 Å². The summed E-state index contributed by atoms with van der Waals surface area (Å²) in [5.74, 6) is -2.11. The summed E-state index contributed by atoms with van der Waals surface area (Å²) in [5.41, 5.74) is 4.16. The highest BCUT2D eigenvalue weighted by Gasteiger charge is 2.16. The highest BCUT2D eigenvalue weighted by molar-refractivity contribution is 9.11. The van der Waals surface area contributed by atoms with Crippen molar-refractivity contribution in [3.05, 3.63) is 74.7 Å². The largest absolute Gasteiger partial charge is 0.483 e. The number of benzene rings is 3. The maximum Gasteiger partial charge on any atom is 0.336 e. The third-order valence-electron chi connectivity index (χ3n) is 3.96. The molecule has 0 unspecified atom stereocenters. The highest BCUT2D eigenvalue weighted by atomic mass is 79.9. The van der Waals surface area contributed by atoms with Gasteiger partial charge in [-0.2, -0.15) is 0 Å². The Labute approximate surface area is 182 Å². The van der Waals surface area contributed by atoms with Gasteiger partial charge in [-0.25, -0.2) is 4.79 Å². The molecule has 0 saturated heterocycles. The molecule has 9 heteroatoms. The Hall–Kier alpha value is -2.91. The van der Waals surface area contributed by atoms with E-state index in [0.29, 0.717) is 10.2 Å². The molecule has 0 aromatic heterocycles. The van der Waals surface area contributed by atoms with Gasteiger partial charge in [-0.1, -0.05) is 40.2 Å². The molecule has 148 valence electrons. The molecule has 3 rings (SSSR count). The summed E-state index contributed by atoms with van der Waals surface area (Å²) in [6.07, 6.45) is 0. The molecule has 29 heavy (non-hydrogen) atoms. The van der Waals surface area contributed by atoms with E-state index in [1.807, 2.05) is 24.3 Å². The second-order valence-electron chi connectivity index (χ2n) is 5.88. The van der Waals surface area contributed by atoms with E-state index in [4.69, 9.17) is 9.84 Å². The number of carbonyl (C=O) groups is 3. The monoisotopic (exact) mass is 520 g/mol. The van der Waals surface area contributed by atoms with Crippen molar-refractivity contribution in [3.8, 4) is 5.75 Å². The summed E-state index contributed by atoms with van der Waals surface area (Å²) in [6, 6.07) is 15.1. The van der Waals surface area contributed by atoms with Gasteiger partial charge < -0.3 is 9.84 Å². The van der Waals surface area contributed by atoms with Gasteiger partial charge in [0.05, 0.1) is 15.6 Å². The van der Waals surface area contributed by atoms with E-state index in [1.54, 1.807) is 6.07 Å². The van der Waals surface area contributed by atoms with E-state index >= 15 is 0 Å². The SMILES string of the molecule is O=C(COc1ccc2cc(Br)ccc2c1Br)NNC(=O)c1ccccc1C(=O)O. The van der Waals surface area contributed by atoms with Gasteiger partial charge in [-0.15, -0.1) is 0 Å². The first kappa shape index (κ1) is 20.8. The van der Waals surface area contributed by atoms with Crippen molar-refractivity contribution in [1.29, 1.82) is 0 Å². The van der Waals surface area contributed by atoms with Gasteiger partial charge in [0.25, 0.3) is 11.8 Å². The number of halogens is 2. The first-order chi connectivity index (χ1) is 13.9. The van der Waals surface area contributed by atoms with Crippen molar-refractivity contribution in [2.45, 2.75) is 0 Å². The molecule has 0 heterocycles. The second-order valence-corrected chi connectivity index (χ2v) is 7.59. The lowest BCUT2D eigenvalue weighted by molar-refractivity contribution is -0.123. The second kappa shape index (κ2) is 9.06. The molecule has 0 fully saturated rings. The van der Waals surface area contributed by atoms with Gasteiger partial charge in [-0.3, -0.25) is 20.4 Å². The number of carboxylic acid groups (broad SMARTS) is 1. The van der Waals surface area contributed by atoms with Crippen LogP contribution >= 0.6 is 31.9 Å². The van der Waals surface area contributed by atoms with Crippen molar-refractivity contribution in [2.24, 2.45) is 0 Å². The van der Waals surface area contributed by atoms with E-state index < -0.39 is 17.8 Å². The van der Waals surface area contributed by atoms with Crippen molar-refractivity contribution >= 4 is 60.4 Å². The zero-order valence-corrected chi connectivity index (χ0v) is 17.9. The van der Waals surface area contributed by atoms with Gasteiger partial charge >= 0.3 is 5.97 Å². The van der Waals surface area contributed by atoms with Crippen LogP contribution in [0.2, 0.25) is 0 Å².